The minimum atomic E-state index is -3.65. The molecule has 0 aliphatic rings. The standard InChI is InChI=1S/C15H18N2O3S2/c1-11-9-14(12(2)21-11)22(19,20)17(3)10-15(18)16-13-7-5-4-6-8-13/h4-9H,10H2,1-3H3,(H,16,18). The molecule has 5 nitrogen and oxygen atoms in total. The lowest BCUT2D eigenvalue weighted by Crippen LogP contribution is -2.35. The number of amides is 1. The third kappa shape index (κ3) is 3.73. The fourth-order valence-corrected chi connectivity index (χ4v) is 4.69. The lowest BCUT2D eigenvalue weighted by atomic mass is 10.3. The van der Waals surface area contributed by atoms with Gasteiger partial charge in [-0.3, -0.25) is 4.79 Å². The molecule has 1 N–H and O–H groups in total. The molecular formula is C15H18N2O3S2. The molecule has 2 rings (SSSR count). The summed E-state index contributed by atoms with van der Waals surface area (Å²) in [6.45, 7) is 3.40. The molecule has 0 aliphatic heterocycles. The molecule has 0 unspecified atom stereocenters. The summed E-state index contributed by atoms with van der Waals surface area (Å²) in [5, 5.41) is 2.67. The normalized spacial score (nSPS) is 11.6. The van der Waals surface area contributed by atoms with Crippen LogP contribution in [0, 0.1) is 13.8 Å². The van der Waals surface area contributed by atoms with E-state index in [9.17, 15) is 13.2 Å². The molecule has 0 spiro atoms. The Morgan fingerprint density at radius 1 is 1.23 bits per heavy atom. The van der Waals surface area contributed by atoms with Crippen molar-refractivity contribution in [3.63, 3.8) is 0 Å². The summed E-state index contributed by atoms with van der Waals surface area (Å²) >= 11 is 1.43. The maximum absolute atomic E-state index is 12.5. The summed E-state index contributed by atoms with van der Waals surface area (Å²) in [7, 11) is -2.24. The number of hydrogen-bond acceptors (Lipinski definition) is 4. The van der Waals surface area contributed by atoms with Gasteiger partial charge in [0.05, 0.1) is 11.4 Å². The first-order valence-corrected chi connectivity index (χ1v) is 8.94. The van der Waals surface area contributed by atoms with E-state index in [1.165, 1.54) is 18.4 Å². The van der Waals surface area contributed by atoms with Gasteiger partial charge in [-0.2, -0.15) is 4.31 Å². The molecular weight excluding hydrogens is 320 g/mol. The van der Waals surface area contributed by atoms with Gasteiger partial charge in [0.2, 0.25) is 15.9 Å². The fraction of sp³-hybridized carbons (Fsp3) is 0.267. The van der Waals surface area contributed by atoms with Crippen molar-refractivity contribution in [2.45, 2.75) is 18.7 Å². The second kappa shape index (κ2) is 6.60. The lowest BCUT2D eigenvalue weighted by molar-refractivity contribution is -0.116. The molecule has 0 saturated carbocycles. The number of aryl methyl sites for hydroxylation is 2. The molecule has 1 aromatic carbocycles. The zero-order valence-corrected chi connectivity index (χ0v) is 14.3. The van der Waals surface area contributed by atoms with Crippen LogP contribution < -0.4 is 5.32 Å². The molecule has 1 aromatic heterocycles. The number of benzene rings is 1. The molecule has 0 fully saturated rings. The molecule has 0 saturated heterocycles. The number of nitrogens with zero attached hydrogens (tertiary/aromatic N) is 1. The SMILES string of the molecule is Cc1cc(S(=O)(=O)N(C)CC(=O)Nc2ccccc2)c(C)s1. The van der Waals surface area contributed by atoms with Gasteiger partial charge < -0.3 is 5.32 Å². The second-order valence-electron chi connectivity index (χ2n) is 4.95. The zero-order valence-electron chi connectivity index (χ0n) is 12.7. The van der Waals surface area contributed by atoms with Gasteiger partial charge in [-0.1, -0.05) is 18.2 Å². The molecule has 0 atom stereocenters. The third-order valence-electron chi connectivity index (χ3n) is 3.11. The van der Waals surface area contributed by atoms with E-state index in [-0.39, 0.29) is 17.3 Å². The van der Waals surface area contributed by atoms with Crippen molar-refractivity contribution < 1.29 is 13.2 Å². The molecule has 7 heteroatoms. The predicted octanol–water partition coefficient (Wildman–Crippen LogP) is 2.62. The van der Waals surface area contributed by atoms with Crippen molar-refractivity contribution in [1.29, 1.82) is 0 Å². The number of rotatable bonds is 5. The molecule has 22 heavy (non-hydrogen) atoms. The van der Waals surface area contributed by atoms with E-state index >= 15 is 0 Å². The first-order valence-electron chi connectivity index (χ1n) is 6.69. The van der Waals surface area contributed by atoms with Crippen LogP contribution in [0.15, 0.2) is 41.3 Å². The number of anilines is 1. The Hall–Kier alpha value is -1.70. The first-order chi connectivity index (χ1) is 10.3. The topological polar surface area (TPSA) is 66.5 Å². The van der Waals surface area contributed by atoms with Crippen LogP contribution in [0.5, 0.6) is 0 Å². The first kappa shape index (κ1) is 16.7. The summed E-state index contributed by atoms with van der Waals surface area (Å²) in [4.78, 5) is 13.9. The number of sulfonamides is 1. The maximum Gasteiger partial charge on any atom is 0.244 e. The van der Waals surface area contributed by atoms with Crippen molar-refractivity contribution >= 4 is 33.0 Å². The Kier molecular flexibility index (Phi) is 5.00. The van der Waals surface area contributed by atoms with Crippen LogP contribution in [-0.2, 0) is 14.8 Å². The average molecular weight is 338 g/mol. The van der Waals surface area contributed by atoms with Crippen molar-refractivity contribution in [1.82, 2.24) is 4.31 Å². The maximum atomic E-state index is 12.5. The van der Waals surface area contributed by atoms with Gasteiger partial charge in [-0.25, -0.2) is 8.42 Å². The minimum absolute atomic E-state index is 0.231. The van der Waals surface area contributed by atoms with Crippen molar-refractivity contribution in [2.24, 2.45) is 0 Å². The number of carbonyl (C=O) groups excluding carboxylic acids is 1. The van der Waals surface area contributed by atoms with Crippen LogP contribution in [0.3, 0.4) is 0 Å². The van der Waals surface area contributed by atoms with Gasteiger partial charge in [0.15, 0.2) is 0 Å². The molecule has 0 bridgehead atoms. The number of para-hydroxylation sites is 1. The van der Waals surface area contributed by atoms with E-state index in [1.807, 2.05) is 13.0 Å². The summed E-state index contributed by atoms with van der Waals surface area (Å²) in [6, 6.07) is 10.6. The molecule has 2 aromatic rings. The van der Waals surface area contributed by atoms with Crippen LogP contribution in [-0.4, -0.2) is 32.2 Å². The highest BCUT2D eigenvalue weighted by atomic mass is 32.2. The van der Waals surface area contributed by atoms with Crippen molar-refractivity contribution in [3.05, 3.63) is 46.2 Å². The Bertz CT molecular complexity index is 767. The molecule has 1 heterocycles. The van der Waals surface area contributed by atoms with Gasteiger partial charge in [0.1, 0.15) is 0 Å². The van der Waals surface area contributed by atoms with Crippen LogP contribution >= 0.6 is 11.3 Å². The van der Waals surface area contributed by atoms with E-state index in [2.05, 4.69) is 5.32 Å². The van der Waals surface area contributed by atoms with Gasteiger partial charge >= 0.3 is 0 Å². The van der Waals surface area contributed by atoms with E-state index in [1.54, 1.807) is 37.3 Å². The predicted molar refractivity (Wildman–Crippen MR) is 88.7 cm³/mol. The Balaban J connectivity index is 2.09. The highest BCUT2D eigenvalue weighted by molar-refractivity contribution is 7.89. The largest absolute Gasteiger partial charge is 0.325 e. The fourth-order valence-electron chi connectivity index (χ4n) is 2.04. The second-order valence-corrected chi connectivity index (χ2v) is 8.43. The Morgan fingerprint density at radius 2 is 1.86 bits per heavy atom. The summed E-state index contributed by atoms with van der Waals surface area (Å²) < 4.78 is 26.1. The van der Waals surface area contributed by atoms with Crippen LogP contribution in [0.2, 0.25) is 0 Å². The average Bonchev–Trinajstić information content (AvgIpc) is 2.79. The monoisotopic (exact) mass is 338 g/mol. The number of thiophene rings is 1. The Morgan fingerprint density at radius 3 is 2.41 bits per heavy atom. The van der Waals surface area contributed by atoms with Crippen LogP contribution in [0.25, 0.3) is 0 Å². The summed E-state index contributed by atoms with van der Waals surface area (Å²) in [5.41, 5.74) is 0.640. The Labute approximate surface area is 134 Å². The highest BCUT2D eigenvalue weighted by Gasteiger charge is 2.26. The van der Waals surface area contributed by atoms with Crippen LogP contribution in [0.4, 0.5) is 5.69 Å². The van der Waals surface area contributed by atoms with Crippen molar-refractivity contribution in [2.75, 3.05) is 18.9 Å². The smallest absolute Gasteiger partial charge is 0.244 e. The molecule has 118 valence electrons. The quantitative estimate of drug-likeness (QED) is 0.911. The van der Waals surface area contributed by atoms with E-state index in [0.29, 0.717) is 5.69 Å². The zero-order chi connectivity index (χ0) is 16.3. The third-order valence-corrected chi connectivity index (χ3v) is 6.13. The molecule has 1 amide bonds. The lowest BCUT2D eigenvalue weighted by Gasteiger charge is -2.16. The number of likely N-dealkylation sites (N-methyl/N-ethyl adjacent to an activating group) is 1. The van der Waals surface area contributed by atoms with E-state index in [4.69, 9.17) is 0 Å². The number of hydrogen-bond donors (Lipinski definition) is 1. The van der Waals surface area contributed by atoms with Crippen molar-refractivity contribution in [3.8, 4) is 0 Å². The number of nitrogens with one attached hydrogen (secondary N) is 1. The number of carbonyl (C=O) groups is 1. The van der Waals surface area contributed by atoms with Gasteiger partial charge in [0, 0.05) is 22.5 Å². The van der Waals surface area contributed by atoms with Gasteiger partial charge in [-0.15, -0.1) is 11.3 Å². The highest BCUT2D eigenvalue weighted by Crippen LogP contribution is 2.27. The van der Waals surface area contributed by atoms with E-state index < -0.39 is 10.0 Å². The summed E-state index contributed by atoms with van der Waals surface area (Å²) in [6.07, 6.45) is 0. The molecule has 0 radical (unpaired) electrons. The van der Waals surface area contributed by atoms with Crippen LogP contribution in [0.1, 0.15) is 9.75 Å². The van der Waals surface area contributed by atoms with Gasteiger partial charge in [0.25, 0.3) is 0 Å². The minimum Gasteiger partial charge on any atom is -0.325 e. The molecule has 0 aliphatic carbocycles. The van der Waals surface area contributed by atoms with E-state index in [0.717, 1.165) is 14.1 Å². The summed E-state index contributed by atoms with van der Waals surface area (Å²) in [5.74, 6) is -0.373. The van der Waals surface area contributed by atoms with Gasteiger partial charge in [-0.05, 0) is 32.0 Å².